The fourth-order valence-corrected chi connectivity index (χ4v) is 4.85. The zero-order chi connectivity index (χ0) is 24.3. The summed E-state index contributed by atoms with van der Waals surface area (Å²) in [5, 5.41) is 0.396. The molecule has 180 valence electrons. The van der Waals surface area contributed by atoms with Crippen LogP contribution in [-0.4, -0.2) is 29.7 Å². The molecular formula is C28H33ClFN3O. The molecule has 0 spiro atoms. The van der Waals surface area contributed by atoms with Gasteiger partial charge in [-0.1, -0.05) is 32.4 Å². The van der Waals surface area contributed by atoms with Gasteiger partial charge in [-0.15, -0.1) is 0 Å². The summed E-state index contributed by atoms with van der Waals surface area (Å²) in [4.78, 5) is 11.9. The Labute approximate surface area is 207 Å². The number of rotatable bonds is 7. The maximum atomic E-state index is 13.5. The summed E-state index contributed by atoms with van der Waals surface area (Å²) in [6, 6.07) is 8.48. The van der Waals surface area contributed by atoms with E-state index in [2.05, 4.69) is 32.6 Å². The van der Waals surface area contributed by atoms with Gasteiger partial charge in [-0.25, -0.2) is 4.39 Å². The van der Waals surface area contributed by atoms with Crippen LogP contribution in [0.5, 0.6) is 5.75 Å². The molecule has 4 rings (SSSR count). The van der Waals surface area contributed by atoms with Gasteiger partial charge in [0, 0.05) is 42.0 Å². The Kier molecular flexibility index (Phi) is 7.42. The van der Waals surface area contributed by atoms with Crippen LogP contribution in [0.3, 0.4) is 0 Å². The molecule has 0 amide bonds. The number of hydrogen-bond donors (Lipinski definition) is 0. The number of aromatic nitrogens is 2. The first-order valence-corrected chi connectivity index (χ1v) is 12.4. The van der Waals surface area contributed by atoms with E-state index in [1.54, 1.807) is 12.3 Å². The van der Waals surface area contributed by atoms with E-state index >= 15 is 0 Å². The third-order valence-corrected chi connectivity index (χ3v) is 6.96. The topological polar surface area (TPSA) is 38.3 Å². The highest BCUT2D eigenvalue weighted by Crippen LogP contribution is 2.39. The average molecular weight is 482 g/mol. The molecule has 3 heterocycles. The zero-order valence-electron chi connectivity index (χ0n) is 20.5. The second-order valence-electron chi connectivity index (χ2n) is 9.84. The molecule has 0 atom stereocenters. The molecule has 1 fully saturated rings. The van der Waals surface area contributed by atoms with Crippen molar-refractivity contribution in [2.45, 2.75) is 53.4 Å². The Bertz CT molecular complexity index is 1120. The number of anilines is 1. The van der Waals surface area contributed by atoms with E-state index in [9.17, 15) is 4.39 Å². The Morgan fingerprint density at radius 2 is 1.85 bits per heavy atom. The molecule has 1 aliphatic rings. The van der Waals surface area contributed by atoms with Gasteiger partial charge in [0.15, 0.2) is 0 Å². The van der Waals surface area contributed by atoms with Crippen LogP contribution in [0.4, 0.5) is 10.1 Å². The van der Waals surface area contributed by atoms with Crippen molar-refractivity contribution < 1.29 is 9.13 Å². The minimum Gasteiger partial charge on any atom is -0.492 e. The van der Waals surface area contributed by atoms with Crippen molar-refractivity contribution in [2.24, 2.45) is 5.41 Å². The molecule has 1 aromatic carbocycles. The lowest BCUT2D eigenvalue weighted by molar-refractivity contribution is 0.279. The normalized spacial score (nSPS) is 15.4. The Balaban J connectivity index is 1.51. The minimum absolute atomic E-state index is 0.334. The fourth-order valence-electron chi connectivity index (χ4n) is 4.61. The van der Waals surface area contributed by atoms with Crippen molar-refractivity contribution in [3.8, 4) is 17.0 Å². The lowest BCUT2D eigenvalue weighted by Gasteiger charge is -2.40. The molecule has 2 aromatic heterocycles. The predicted octanol–water partition coefficient (Wildman–Crippen LogP) is 7.05. The van der Waals surface area contributed by atoms with Gasteiger partial charge in [-0.2, -0.15) is 0 Å². The smallest absolute Gasteiger partial charge is 0.137 e. The van der Waals surface area contributed by atoms with Crippen LogP contribution in [0.25, 0.3) is 11.3 Å². The summed E-state index contributed by atoms with van der Waals surface area (Å²) in [5.41, 5.74) is 6.82. The van der Waals surface area contributed by atoms with Crippen molar-refractivity contribution in [3.63, 3.8) is 0 Å². The third-order valence-electron chi connectivity index (χ3n) is 6.75. The van der Waals surface area contributed by atoms with Crippen LogP contribution in [0, 0.1) is 18.2 Å². The molecule has 3 aromatic rings. The van der Waals surface area contributed by atoms with Gasteiger partial charge < -0.3 is 9.64 Å². The molecule has 0 saturated carbocycles. The zero-order valence-corrected chi connectivity index (χ0v) is 21.3. The quantitative estimate of drug-likeness (QED) is 0.362. The summed E-state index contributed by atoms with van der Waals surface area (Å²) in [5.74, 6) is 0.350. The maximum absolute atomic E-state index is 13.5. The van der Waals surface area contributed by atoms with Crippen molar-refractivity contribution in [1.29, 1.82) is 0 Å². The standard InChI is InChI=1S/C28H33ClFN3O/c1-5-24-19(2)31-18-25(27(24)33-11-9-28(3,4)10-12-33)26-7-6-23(17-32-26)34-13-8-20-14-21(29)16-22(30)15-20/h6-7,14-18H,5,8-13H2,1-4H3. The van der Waals surface area contributed by atoms with Gasteiger partial charge in [0.1, 0.15) is 11.6 Å². The molecule has 0 N–H and O–H groups in total. The van der Waals surface area contributed by atoms with Gasteiger partial charge >= 0.3 is 0 Å². The third kappa shape index (κ3) is 5.69. The average Bonchev–Trinajstić information content (AvgIpc) is 2.79. The fraction of sp³-hybridized carbons (Fsp3) is 0.429. The number of nitrogens with zero attached hydrogens (tertiary/aromatic N) is 3. The molecule has 4 nitrogen and oxygen atoms in total. The van der Waals surface area contributed by atoms with Gasteiger partial charge in [0.05, 0.1) is 24.2 Å². The number of hydrogen-bond acceptors (Lipinski definition) is 4. The molecule has 0 bridgehead atoms. The number of ether oxygens (including phenoxy) is 1. The Morgan fingerprint density at radius 3 is 2.50 bits per heavy atom. The number of aryl methyl sites for hydroxylation is 1. The van der Waals surface area contributed by atoms with Crippen LogP contribution < -0.4 is 9.64 Å². The van der Waals surface area contributed by atoms with E-state index in [0.29, 0.717) is 29.2 Å². The lowest BCUT2D eigenvalue weighted by atomic mass is 9.82. The number of piperidine rings is 1. The molecule has 0 radical (unpaired) electrons. The lowest BCUT2D eigenvalue weighted by Crippen LogP contribution is -2.38. The highest BCUT2D eigenvalue weighted by atomic mass is 35.5. The van der Waals surface area contributed by atoms with Gasteiger partial charge in [-0.3, -0.25) is 9.97 Å². The van der Waals surface area contributed by atoms with Gasteiger partial charge in [-0.05, 0) is 73.1 Å². The SMILES string of the molecule is CCc1c(C)ncc(-c2ccc(OCCc3cc(F)cc(Cl)c3)cn2)c1N1CCC(C)(C)CC1. The molecular weight excluding hydrogens is 449 g/mol. The first-order chi connectivity index (χ1) is 16.3. The van der Waals surface area contributed by atoms with E-state index in [-0.39, 0.29) is 5.82 Å². The summed E-state index contributed by atoms with van der Waals surface area (Å²) < 4.78 is 19.4. The molecule has 34 heavy (non-hydrogen) atoms. The second-order valence-corrected chi connectivity index (χ2v) is 10.3. The molecule has 1 aliphatic heterocycles. The van der Waals surface area contributed by atoms with Crippen molar-refractivity contribution >= 4 is 17.3 Å². The predicted molar refractivity (Wildman–Crippen MR) is 137 cm³/mol. The summed E-state index contributed by atoms with van der Waals surface area (Å²) in [6.07, 6.45) is 7.56. The maximum Gasteiger partial charge on any atom is 0.137 e. The van der Waals surface area contributed by atoms with Crippen molar-refractivity contribution in [3.05, 3.63) is 70.4 Å². The highest BCUT2D eigenvalue weighted by Gasteiger charge is 2.28. The second kappa shape index (κ2) is 10.3. The minimum atomic E-state index is -0.334. The first kappa shape index (κ1) is 24.5. The van der Waals surface area contributed by atoms with Crippen LogP contribution in [0.15, 0.2) is 42.7 Å². The molecule has 1 saturated heterocycles. The van der Waals surface area contributed by atoms with Crippen LogP contribution in [0.2, 0.25) is 5.02 Å². The van der Waals surface area contributed by atoms with Crippen LogP contribution >= 0.6 is 11.6 Å². The Morgan fingerprint density at radius 1 is 1.09 bits per heavy atom. The molecule has 6 heteroatoms. The first-order valence-electron chi connectivity index (χ1n) is 12.0. The largest absolute Gasteiger partial charge is 0.492 e. The van der Waals surface area contributed by atoms with Crippen LogP contribution in [0.1, 0.15) is 50.4 Å². The van der Waals surface area contributed by atoms with Crippen molar-refractivity contribution in [2.75, 3.05) is 24.6 Å². The monoisotopic (exact) mass is 481 g/mol. The van der Waals surface area contributed by atoms with E-state index in [4.69, 9.17) is 26.3 Å². The summed E-state index contributed by atoms with van der Waals surface area (Å²) >= 11 is 5.94. The van der Waals surface area contributed by atoms with E-state index in [0.717, 1.165) is 42.0 Å². The van der Waals surface area contributed by atoms with Gasteiger partial charge in [0.2, 0.25) is 0 Å². The number of benzene rings is 1. The van der Waals surface area contributed by atoms with E-state index in [1.165, 1.54) is 36.2 Å². The summed E-state index contributed by atoms with van der Waals surface area (Å²) in [7, 11) is 0. The highest BCUT2D eigenvalue weighted by molar-refractivity contribution is 6.30. The molecule has 0 unspecified atom stereocenters. The van der Waals surface area contributed by atoms with Crippen molar-refractivity contribution in [1.82, 2.24) is 9.97 Å². The number of pyridine rings is 2. The van der Waals surface area contributed by atoms with Gasteiger partial charge in [0.25, 0.3) is 0 Å². The molecule has 0 aliphatic carbocycles. The van der Waals surface area contributed by atoms with Crippen LogP contribution in [-0.2, 0) is 12.8 Å². The van der Waals surface area contributed by atoms with E-state index < -0.39 is 0 Å². The Hall–Kier alpha value is -2.66. The number of halogens is 2. The van der Waals surface area contributed by atoms with E-state index in [1.807, 2.05) is 18.3 Å². The summed E-state index contributed by atoms with van der Waals surface area (Å²) in [6.45, 7) is 11.5.